The Balaban J connectivity index is 2.01. The Morgan fingerprint density at radius 2 is 1.92 bits per heavy atom. The number of hydrogen-bond donors (Lipinski definition) is 1. The first kappa shape index (κ1) is 16.2. The summed E-state index contributed by atoms with van der Waals surface area (Å²) in [5.41, 5.74) is 3.27. The lowest BCUT2D eigenvalue weighted by Gasteiger charge is -2.19. The van der Waals surface area contributed by atoms with Gasteiger partial charge >= 0.3 is 5.97 Å². The van der Waals surface area contributed by atoms with Gasteiger partial charge in [-0.1, -0.05) is 36.4 Å². The summed E-state index contributed by atoms with van der Waals surface area (Å²) in [7, 11) is 1.60. The predicted octanol–water partition coefficient (Wildman–Crippen LogP) is 3.58. The molecule has 4 heteroatoms. The molecule has 4 nitrogen and oxygen atoms in total. The minimum atomic E-state index is -0.563. The van der Waals surface area contributed by atoms with Crippen LogP contribution in [-0.4, -0.2) is 25.4 Å². The lowest BCUT2D eigenvalue weighted by molar-refractivity contribution is -0.146. The molecule has 24 heavy (non-hydrogen) atoms. The molecule has 0 saturated heterocycles. The Hall–Kier alpha value is -2.62. The second kappa shape index (κ2) is 6.87. The summed E-state index contributed by atoms with van der Waals surface area (Å²) in [5, 5.41) is 8.51. The van der Waals surface area contributed by atoms with Crippen molar-refractivity contribution in [2.24, 2.45) is 5.92 Å². The number of carbonyl (C=O) groups is 1. The molecule has 1 aliphatic carbocycles. The number of nitrogens with one attached hydrogen (secondary N) is 1. The van der Waals surface area contributed by atoms with Crippen molar-refractivity contribution in [1.29, 1.82) is 5.41 Å². The van der Waals surface area contributed by atoms with E-state index in [2.05, 4.69) is 0 Å². The molecule has 0 amide bonds. The number of fused-ring (bicyclic) bond motifs is 1. The standard InChI is InChI=1S/C20H21NO3/c1-3-24-20(22)18-16(11-13-7-5-4-6-8-13)15-10-9-14(23-2)12-17(15)19(18)21/h4-10,12,16,18,21H,3,11H2,1-2H3/t16-,18+/m0/s1. The Morgan fingerprint density at radius 3 is 2.58 bits per heavy atom. The van der Waals surface area contributed by atoms with Gasteiger partial charge in [0.1, 0.15) is 11.7 Å². The van der Waals surface area contributed by atoms with Crippen LogP contribution in [0.3, 0.4) is 0 Å². The largest absolute Gasteiger partial charge is 0.497 e. The van der Waals surface area contributed by atoms with Crippen molar-refractivity contribution in [3.63, 3.8) is 0 Å². The fourth-order valence-electron chi connectivity index (χ4n) is 3.38. The smallest absolute Gasteiger partial charge is 0.315 e. The number of ether oxygens (including phenoxy) is 2. The number of hydrogen-bond acceptors (Lipinski definition) is 4. The first-order valence-electron chi connectivity index (χ1n) is 8.13. The molecule has 0 spiro atoms. The Kier molecular flexibility index (Phi) is 4.65. The van der Waals surface area contributed by atoms with Gasteiger partial charge in [0.05, 0.1) is 19.4 Å². The molecule has 0 bridgehead atoms. The molecule has 2 aromatic carbocycles. The molecule has 1 N–H and O–H groups in total. The van der Waals surface area contributed by atoms with E-state index in [9.17, 15) is 4.79 Å². The molecule has 2 atom stereocenters. The van der Waals surface area contributed by atoms with Crippen LogP contribution in [0.2, 0.25) is 0 Å². The molecule has 2 aromatic rings. The Morgan fingerprint density at radius 1 is 1.17 bits per heavy atom. The maximum absolute atomic E-state index is 12.5. The summed E-state index contributed by atoms with van der Waals surface area (Å²) in [5.74, 6) is -0.271. The van der Waals surface area contributed by atoms with Gasteiger partial charge in [0.2, 0.25) is 0 Å². The first-order chi connectivity index (χ1) is 11.7. The quantitative estimate of drug-likeness (QED) is 0.856. The zero-order valence-corrected chi connectivity index (χ0v) is 13.9. The van der Waals surface area contributed by atoms with E-state index in [0.717, 1.165) is 16.7 Å². The molecular formula is C20H21NO3. The number of benzene rings is 2. The highest BCUT2D eigenvalue weighted by molar-refractivity contribution is 6.14. The zero-order valence-electron chi connectivity index (χ0n) is 13.9. The summed E-state index contributed by atoms with van der Waals surface area (Å²) in [6.45, 7) is 2.11. The maximum atomic E-state index is 12.5. The lowest BCUT2D eigenvalue weighted by Crippen LogP contribution is -2.27. The van der Waals surface area contributed by atoms with Gasteiger partial charge in [0.25, 0.3) is 0 Å². The van der Waals surface area contributed by atoms with Crippen molar-refractivity contribution >= 4 is 11.7 Å². The first-order valence-corrected chi connectivity index (χ1v) is 8.13. The molecule has 0 aromatic heterocycles. The van der Waals surface area contributed by atoms with Gasteiger partial charge < -0.3 is 14.9 Å². The van der Waals surface area contributed by atoms with Gasteiger partial charge in [0, 0.05) is 11.5 Å². The maximum Gasteiger partial charge on any atom is 0.315 e. The molecular weight excluding hydrogens is 302 g/mol. The molecule has 124 valence electrons. The summed E-state index contributed by atoms with van der Waals surface area (Å²) < 4.78 is 10.5. The van der Waals surface area contributed by atoms with Crippen LogP contribution in [0.4, 0.5) is 0 Å². The highest BCUT2D eigenvalue weighted by Gasteiger charge is 2.42. The second-order valence-electron chi connectivity index (χ2n) is 5.89. The fourth-order valence-corrected chi connectivity index (χ4v) is 3.38. The molecule has 0 aliphatic heterocycles. The molecule has 0 heterocycles. The van der Waals surface area contributed by atoms with Crippen LogP contribution in [0.1, 0.15) is 29.5 Å². The highest BCUT2D eigenvalue weighted by Crippen LogP contribution is 2.42. The van der Waals surface area contributed by atoms with Crippen LogP contribution >= 0.6 is 0 Å². The van der Waals surface area contributed by atoms with E-state index < -0.39 is 5.92 Å². The third-order valence-corrected chi connectivity index (χ3v) is 4.50. The minimum absolute atomic E-state index is 0.0835. The minimum Gasteiger partial charge on any atom is -0.497 e. The molecule has 1 aliphatic rings. The molecule has 0 saturated carbocycles. The van der Waals surface area contributed by atoms with Crippen molar-refractivity contribution in [2.75, 3.05) is 13.7 Å². The molecule has 0 fully saturated rings. The van der Waals surface area contributed by atoms with Crippen molar-refractivity contribution < 1.29 is 14.3 Å². The fraction of sp³-hybridized carbons (Fsp3) is 0.300. The van der Waals surface area contributed by atoms with E-state index in [1.54, 1.807) is 14.0 Å². The van der Waals surface area contributed by atoms with Crippen molar-refractivity contribution in [1.82, 2.24) is 0 Å². The third kappa shape index (κ3) is 2.92. The topological polar surface area (TPSA) is 59.4 Å². The summed E-state index contributed by atoms with van der Waals surface area (Å²) >= 11 is 0. The number of carbonyl (C=O) groups excluding carboxylic acids is 1. The number of esters is 1. The van der Waals surface area contributed by atoms with E-state index >= 15 is 0 Å². The van der Waals surface area contributed by atoms with Gasteiger partial charge in [-0.2, -0.15) is 0 Å². The number of rotatable bonds is 5. The van der Waals surface area contributed by atoms with Crippen molar-refractivity contribution in [2.45, 2.75) is 19.3 Å². The van der Waals surface area contributed by atoms with Crippen LogP contribution in [0.25, 0.3) is 0 Å². The highest BCUT2D eigenvalue weighted by atomic mass is 16.5. The molecule has 3 rings (SSSR count). The summed E-state index contributed by atoms with van der Waals surface area (Å²) in [4.78, 5) is 12.5. The van der Waals surface area contributed by atoms with Gasteiger partial charge in [0.15, 0.2) is 0 Å². The summed E-state index contributed by atoms with van der Waals surface area (Å²) in [6, 6.07) is 15.7. The average Bonchev–Trinajstić information content (AvgIpc) is 2.87. The van der Waals surface area contributed by atoms with Crippen LogP contribution in [0, 0.1) is 11.3 Å². The lowest BCUT2D eigenvalue weighted by atomic mass is 9.86. The van der Waals surface area contributed by atoms with Gasteiger partial charge in [-0.3, -0.25) is 4.79 Å². The average molecular weight is 323 g/mol. The summed E-state index contributed by atoms with van der Waals surface area (Å²) in [6.07, 6.45) is 0.700. The molecule has 0 radical (unpaired) electrons. The zero-order chi connectivity index (χ0) is 17.1. The van der Waals surface area contributed by atoms with Crippen LogP contribution in [-0.2, 0) is 16.0 Å². The van der Waals surface area contributed by atoms with E-state index in [-0.39, 0.29) is 11.9 Å². The van der Waals surface area contributed by atoms with Gasteiger partial charge in [-0.15, -0.1) is 0 Å². The van der Waals surface area contributed by atoms with E-state index in [0.29, 0.717) is 24.5 Å². The Bertz CT molecular complexity index is 755. The molecule has 0 unspecified atom stereocenters. The SMILES string of the molecule is CCOC(=O)[C@H]1C(=N)c2cc(OC)ccc2[C@@H]1Cc1ccccc1. The Labute approximate surface area is 141 Å². The van der Waals surface area contributed by atoms with Crippen molar-refractivity contribution in [3.8, 4) is 5.75 Å². The third-order valence-electron chi connectivity index (χ3n) is 4.50. The van der Waals surface area contributed by atoms with Crippen molar-refractivity contribution in [3.05, 3.63) is 65.2 Å². The van der Waals surface area contributed by atoms with Crippen LogP contribution in [0.15, 0.2) is 48.5 Å². The van der Waals surface area contributed by atoms with E-state index in [1.807, 2.05) is 48.5 Å². The normalized spacial score (nSPS) is 19.0. The van der Waals surface area contributed by atoms with Crippen LogP contribution in [0.5, 0.6) is 5.75 Å². The monoisotopic (exact) mass is 323 g/mol. The van der Waals surface area contributed by atoms with Crippen LogP contribution < -0.4 is 4.74 Å². The van der Waals surface area contributed by atoms with Gasteiger partial charge in [-0.25, -0.2) is 0 Å². The van der Waals surface area contributed by atoms with E-state index in [1.165, 1.54) is 0 Å². The van der Waals surface area contributed by atoms with Gasteiger partial charge in [-0.05, 0) is 36.6 Å². The van der Waals surface area contributed by atoms with E-state index in [4.69, 9.17) is 14.9 Å². The second-order valence-corrected chi connectivity index (χ2v) is 5.89. The number of methoxy groups -OCH3 is 1. The predicted molar refractivity (Wildman–Crippen MR) is 92.8 cm³/mol.